The van der Waals surface area contributed by atoms with E-state index in [1.54, 1.807) is 0 Å². The Morgan fingerprint density at radius 3 is 1.20 bits per heavy atom. The monoisotopic (exact) mass is 243 g/mol. The van der Waals surface area contributed by atoms with E-state index in [1.165, 1.54) is 0 Å². The first-order valence-corrected chi connectivity index (χ1v) is 7.12. The van der Waals surface area contributed by atoms with Crippen molar-refractivity contribution >= 4 is 28.2 Å². The van der Waals surface area contributed by atoms with E-state index in [1.807, 2.05) is 13.8 Å². The molecule has 0 amide bonds. The van der Waals surface area contributed by atoms with Crippen molar-refractivity contribution in [3.63, 3.8) is 0 Å². The van der Waals surface area contributed by atoms with Crippen LogP contribution in [0.25, 0.3) is 0 Å². The molecule has 0 fully saturated rings. The van der Waals surface area contributed by atoms with Crippen LogP contribution in [0.4, 0.5) is 0 Å². The number of halogens is 2. The maximum atomic E-state index is 3.09. The van der Waals surface area contributed by atoms with Crippen molar-refractivity contribution in [2.45, 2.75) is 13.8 Å². The zero-order valence-corrected chi connectivity index (χ0v) is 7.49. The molecule has 0 nitrogen and oxygen atoms in total. The van der Waals surface area contributed by atoms with E-state index in [0.717, 1.165) is 0 Å². The molecule has 0 spiro atoms. The second-order valence-corrected chi connectivity index (χ2v) is 6.01. The SMILES string of the molecule is CC.[Br][Mn][Br]. The van der Waals surface area contributed by atoms with Crippen molar-refractivity contribution < 1.29 is 11.3 Å². The van der Waals surface area contributed by atoms with Crippen LogP contribution in [0.2, 0.25) is 0 Å². The summed E-state index contributed by atoms with van der Waals surface area (Å²) in [4.78, 5) is 0. The van der Waals surface area contributed by atoms with Crippen LogP contribution in [-0.2, 0) is 11.3 Å². The van der Waals surface area contributed by atoms with Gasteiger partial charge >= 0.3 is 39.6 Å². The quantitative estimate of drug-likeness (QED) is 0.575. The van der Waals surface area contributed by atoms with Gasteiger partial charge in [-0.05, 0) is 0 Å². The molecule has 0 aromatic rings. The van der Waals surface area contributed by atoms with Crippen LogP contribution in [0.1, 0.15) is 13.8 Å². The summed E-state index contributed by atoms with van der Waals surface area (Å²) in [7, 11) is 0. The Bertz CT molecular complexity index is 7.61. The van der Waals surface area contributed by atoms with Gasteiger partial charge in [-0.2, -0.15) is 0 Å². The van der Waals surface area contributed by atoms with Gasteiger partial charge in [0.15, 0.2) is 0 Å². The Labute approximate surface area is 53.3 Å². The molecular weight excluding hydrogens is 239 g/mol. The summed E-state index contributed by atoms with van der Waals surface area (Å²) in [6, 6.07) is 0. The van der Waals surface area contributed by atoms with Gasteiger partial charge in [0.25, 0.3) is 0 Å². The topological polar surface area (TPSA) is 0 Å². The van der Waals surface area contributed by atoms with E-state index >= 15 is 0 Å². The average molecular weight is 245 g/mol. The van der Waals surface area contributed by atoms with Crippen molar-refractivity contribution in [3.05, 3.63) is 0 Å². The van der Waals surface area contributed by atoms with Gasteiger partial charge in [0.2, 0.25) is 0 Å². The van der Waals surface area contributed by atoms with Gasteiger partial charge in [0.05, 0.1) is 0 Å². The van der Waals surface area contributed by atoms with Crippen molar-refractivity contribution in [1.82, 2.24) is 0 Å². The molecule has 0 bridgehead atoms. The molecule has 0 aliphatic rings. The molecule has 35 valence electrons. The van der Waals surface area contributed by atoms with Gasteiger partial charge in [-0.3, -0.25) is 0 Å². The second-order valence-electron chi connectivity index (χ2n) is 0.0540. The zero-order valence-electron chi connectivity index (χ0n) is 3.13. The van der Waals surface area contributed by atoms with E-state index in [-0.39, 0.29) is 0 Å². The van der Waals surface area contributed by atoms with Crippen LogP contribution in [-0.4, -0.2) is 0 Å². The van der Waals surface area contributed by atoms with Crippen molar-refractivity contribution in [3.8, 4) is 0 Å². The fourth-order valence-electron chi connectivity index (χ4n) is 0. The number of hydrogen-bond donors (Lipinski definition) is 0. The summed E-state index contributed by atoms with van der Waals surface area (Å²) in [5, 5.41) is 0. The van der Waals surface area contributed by atoms with Gasteiger partial charge in [0, 0.05) is 0 Å². The molecule has 0 atom stereocenters. The zero-order chi connectivity index (χ0) is 4.71. The van der Waals surface area contributed by atoms with Gasteiger partial charge < -0.3 is 0 Å². The molecule has 0 unspecified atom stereocenters. The van der Waals surface area contributed by atoms with E-state index < -0.39 is 0 Å². The van der Waals surface area contributed by atoms with Gasteiger partial charge in [-0.15, -0.1) is 0 Å². The molecule has 0 heterocycles. The first-order chi connectivity index (χ1) is 2.41. The molecule has 0 saturated heterocycles. The van der Waals surface area contributed by atoms with Crippen LogP contribution in [0.3, 0.4) is 0 Å². The minimum atomic E-state index is 0.688. The van der Waals surface area contributed by atoms with Crippen LogP contribution < -0.4 is 0 Å². The Morgan fingerprint density at radius 1 is 1.20 bits per heavy atom. The summed E-state index contributed by atoms with van der Waals surface area (Å²) in [5.74, 6) is 0. The molecule has 0 aromatic carbocycles. The van der Waals surface area contributed by atoms with E-state index in [9.17, 15) is 0 Å². The second kappa shape index (κ2) is 17.9. The average Bonchev–Trinajstić information content (AvgIpc) is 1.46. The fraction of sp³-hybridized carbons (Fsp3) is 1.00. The van der Waals surface area contributed by atoms with Crippen LogP contribution >= 0.6 is 28.2 Å². The van der Waals surface area contributed by atoms with Crippen molar-refractivity contribution in [2.75, 3.05) is 0 Å². The van der Waals surface area contributed by atoms with Crippen LogP contribution in [0, 0.1) is 0 Å². The van der Waals surface area contributed by atoms with Crippen LogP contribution in [0.5, 0.6) is 0 Å². The fourth-order valence-corrected chi connectivity index (χ4v) is 0. The summed E-state index contributed by atoms with van der Waals surface area (Å²) >= 11 is 6.88. The molecule has 0 saturated carbocycles. The normalized spacial score (nSPS) is 4.80. The van der Waals surface area contributed by atoms with Crippen LogP contribution in [0.15, 0.2) is 0 Å². The minimum absolute atomic E-state index is 0.688. The third kappa shape index (κ3) is 30.3. The molecule has 0 N–H and O–H groups in total. The number of hydrogen-bond acceptors (Lipinski definition) is 0. The molecule has 0 rings (SSSR count). The van der Waals surface area contributed by atoms with Gasteiger partial charge in [-0.1, -0.05) is 13.8 Å². The molecule has 3 heteroatoms. The molecular formula is C2H6Br2Mn. The van der Waals surface area contributed by atoms with Gasteiger partial charge in [0.1, 0.15) is 0 Å². The Kier molecular flexibility index (Phi) is 34.7. The molecule has 0 aromatic heterocycles. The van der Waals surface area contributed by atoms with E-state index in [2.05, 4.69) is 28.2 Å². The van der Waals surface area contributed by atoms with E-state index in [0.29, 0.717) is 11.3 Å². The summed E-state index contributed by atoms with van der Waals surface area (Å²) in [6.45, 7) is 4.00. The first kappa shape index (κ1) is 9.70. The first-order valence-electron chi connectivity index (χ1n) is 1.29. The van der Waals surface area contributed by atoms with Gasteiger partial charge in [-0.25, -0.2) is 0 Å². The summed E-state index contributed by atoms with van der Waals surface area (Å²) in [5.41, 5.74) is 0. The standard InChI is InChI=1S/C2H6.2BrH.Mn/c1-2;;;/h1-2H3;2*1H;/q;;;+2/p-2. The molecule has 5 heavy (non-hydrogen) atoms. The molecule has 0 radical (unpaired) electrons. The third-order valence-electron chi connectivity index (χ3n) is 0. The Morgan fingerprint density at radius 2 is 1.20 bits per heavy atom. The number of rotatable bonds is 0. The molecule has 0 aliphatic heterocycles. The molecule has 0 aliphatic carbocycles. The van der Waals surface area contributed by atoms with Crippen molar-refractivity contribution in [2.24, 2.45) is 0 Å². The van der Waals surface area contributed by atoms with Crippen molar-refractivity contribution in [1.29, 1.82) is 0 Å². The predicted octanol–water partition coefficient (Wildman–Crippen LogP) is 2.71. The third-order valence-corrected chi connectivity index (χ3v) is 0. The van der Waals surface area contributed by atoms with E-state index in [4.69, 9.17) is 0 Å². The predicted molar refractivity (Wildman–Crippen MR) is 29.2 cm³/mol. The maximum absolute atomic E-state index is 3.09. The Hall–Kier alpha value is 1.48. The Balaban J connectivity index is 0. The summed E-state index contributed by atoms with van der Waals surface area (Å²) in [6.07, 6.45) is 0. The summed E-state index contributed by atoms with van der Waals surface area (Å²) < 4.78 is 0.